The number of methoxy groups -OCH3 is 3. The van der Waals surface area contributed by atoms with Crippen molar-refractivity contribution in [3.63, 3.8) is 0 Å². The highest BCUT2D eigenvalue weighted by Crippen LogP contribution is 2.39. The highest BCUT2D eigenvalue weighted by molar-refractivity contribution is 7.91. The number of hydrogen-bond donors (Lipinski definition) is 2. The third-order valence-corrected chi connectivity index (χ3v) is 6.28. The largest absolute Gasteiger partial charge is 0.493 e. The van der Waals surface area contributed by atoms with Crippen LogP contribution >= 0.6 is 11.3 Å². The first-order chi connectivity index (χ1) is 13.8. The number of nitrogens with one attached hydrogen (secondary N) is 2. The number of benzene rings is 1. The fourth-order valence-electron chi connectivity index (χ4n) is 2.19. The van der Waals surface area contributed by atoms with Crippen LogP contribution in [-0.4, -0.2) is 54.8 Å². The Bertz CT molecular complexity index is 933. The lowest BCUT2D eigenvalue weighted by Gasteiger charge is -2.14. The number of carbonyl (C=O) groups is 2. The second kappa shape index (κ2) is 10.1. The molecule has 1 aromatic carbocycles. The van der Waals surface area contributed by atoms with Gasteiger partial charge in [0.15, 0.2) is 18.1 Å². The van der Waals surface area contributed by atoms with Crippen LogP contribution in [0.15, 0.2) is 33.9 Å². The maximum absolute atomic E-state index is 12.0. The van der Waals surface area contributed by atoms with Crippen LogP contribution in [0.2, 0.25) is 0 Å². The molecule has 0 radical (unpaired) electrons. The molecule has 0 saturated heterocycles. The molecule has 0 aliphatic heterocycles. The lowest BCUT2D eigenvalue weighted by Crippen LogP contribution is -2.32. The first-order valence-corrected chi connectivity index (χ1v) is 10.5. The molecule has 0 bridgehead atoms. The van der Waals surface area contributed by atoms with Crippen molar-refractivity contribution in [2.75, 3.05) is 39.8 Å². The van der Waals surface area contributed by atoms with E-state index in [0.717, 1.165) is 11.3 Å². The Hall–Kier alpha value is -2.83. The second-order valence-electron chi connectivity index (χ2n) is 5.38. The van der Waals surface area contributed by atoms with E-state index >= 15 is 0 Å². The molecule has 0 unspecified atom stereocenters. The molecule has 1 aromatic heterocycles. The summed E-state index contributed by atoms with van der Waals surface area (Å²) in [6.45, 7) is -1.20. The maximum Gasteiger partial charge on any atom is 0.321 e. The molecule has 2 aromatic rings. The van der Waals surface area contributed by atoms with Gasteiger partial charge in [-0.3, -0.25) is 9.59 Å². The van der Waals surface area contributed by atoms with Crippen LogP contribution < -0.4 is 24.2 Å². The molecule has 10 nitrogen and oxygen atoms in total. The van der Waals surface area contributed by atoms with Gasteiger partial charge in [-0.15, -0.1) is 11.3 Å². The molecule has 0 saturated carbocycles. The van der Waals surface area contributed by atoms with Crippen LogP contribution in [0.1, 0.15) is 0 Å². The average molecular weight is 444 g/mol. The summed E-state index contributed by atoms with van der Waals surface area (Å²) in [5, 5.41) is 4.12. The van der Waals surface area contributed by atoms with E-state index in [1.165, 1.54) is 39.5 Å². The lowest BCUT2D eigenvalue weighted by molar-refractivity contribution is -0.146. The summed E-state index contributed by atoms with van der Waals surface area (Å²) in [6.07, 6.45) is 0. The highest BCUT2D eigenvalue weighted by atomic mass is 32.2. The molecule has 0 aliphatic rings. The zero-order valence-electron chi connectivity index (χ0n) is 15.9. The van der Waals surface area contributed by atoms with Gasteiger partial charge in [-0.2, -0.15) is 4.72 Å². The quantitative estimate of drug-likeness (QED) is 0.524. The monoisotopic (exact) mass is 444 g/mol. The van der Waals surface area contributed by atoms with Crippen LogP contribution in [0.4, 0.5) is 5.69 Å². The van der Waals surface area contributed by atoms with Crippen molar-refractivity contribution in [1.29, 1.82) is 0 Å². The smallest absolute Gasteiger partial charge is 0.321 e. The standard InChI is InChI=1S/C17H20N2O8S2/c1-24-12-7-11(8-13(25-2)17(12)26-3)19-14(20)10-27-15(21)9-18-29(22,23)16-5-4-6-28-16/h4-8,18H,9-10H2,1-3H3,(H,19,20). The number of rotatable bonds is 10. The topological polar surface area (TPSA) is 129 Å². The van der Waals surface area contributed by atoms with Crippen molar-refractivity contribution in [3.05, 3.63) is 29.6 Å². The molecule has 12 heteroatoms. The van der Waals surface area contributed by atoms with E-state index in [-0.39, 0.29) is 4.21 Å². The number of thiophene rings is 1. The minimum absolute atomic E-state index is 0.0745. The van der Waals surface area contributed by atoms with E-state index in [1.54, 1.807) is 11.4 Å². The van der Waals surface area contributed by atoms with Crippen molar-refractivity contribution in [3.8, 4) is 17.2 Å². The number of amides is 1. The van der Waals surface area contributed by atoms with Gasteiger partial charge in [0.2, 0.25) is 5.75 Å². The number of esters is 1. The van der Waals surface area contributed by atoms with E-state index in [9.17, 15) is 18.0 Å². The van der Waals surface area contributed by atoms with E-state index in [2.05, 4.69) is 10.0 Å². The summed E-state index contributed by atoms with van der Waals surface area (Å²) in [5.41, 5.74) is 0.332. The molecule has 2 rings (SSSR count). The fraction of sp³-hybridized carbons (Fsp3) is 0.294. The molecule has 0 fully saturated rings. The first kappa shape index (κ1) is 22.5. The van der Waals surface area contributed by atoms with Gasteiger partial charge in [0.25, 0.3) is 15.9 Å². The molecule has 29 heavy (non-hydrogen) atoms. The Morgan fingerprint density at radius 3 is 2.24 bits per heavy atom. The maximum atomic E-state index is 12.0. The van der Waals surface area contributed by atoms with E-state index < -0.39 is 35.1 Å². The van der Waals surface area contributed by atoms with Crippen LogP contribution in [-0.2, 0) is 24.3 Å². The highest BCUT2D eigenvalue weighted by Gasteiger charge is 2.18. The Kier molecular flexibility index (Phi) is 7.82. The van der Waals surface area contributed by atoms with Crippen LogP contribution in [0, 0.1) is 0 Å². The summed E-state index contributed by atoms with van der Waals surface area (Å²) in [7, 11) is 0.520. The number of ether oxygens (including phenoxy) is 4. The molecule has 1 heterocycles. The molecule has 0 aliphatic carbocycles. The van der Waals surface area contributed by atoms with E-state index in [4.69, 9.17) is 18.9 Å². The minimum atomic E-state index is -3.79. The fourth-order valence-corrected chi connectivity index (χ4v) is 4.20. The van der Waals surface area contributed by atoms with Crippen molar-refractivity contribution in [1.82, 2.24) is 4.72 Å². The molecule has 158 valence electrons. The predicted molar refractivity (Wildman–Crippen MR) is 105 cm³/mol. The Balaban J connectivity index is 1.89. The van der Waals surface area contributed by atoms with Crippen LogP contribution in [0.3, 0.4) is 0 Å². The number of anilines is 1. The van der Waals surface area contributed by atoms with Crippen molar-refractivity contribution in [2.24, 2.45) is 0 Å². The van der Waals surface area contributed by atoms with Crippen LogP contribution in [0.5, 0.6) is 17.2 Å². The van der Waals surface area contributed by atoms with Gasteiger partial charge in [-0.05, 0) is 11.4 Å². The summed E-state index contributed by atoms with van der Waals surface area (Å²) in [4.78, 5) is 23.7. The number of sulfonamides is 1. The van der Waals surface area contributed by atoms with E-state index in [1.807, 2.05) is 0 Å². The van der Waals surface area contributed by atoms with Gasteiger partial charge < -0.3 is 24.3 Å². The van der Waals surface area contributed by atoms with E-state index in [0.29, 0.717) is 22.9 Å². The summed E-state index contributed by atoms with van der Waals surface area (Å²) in [6, 6.07) is 6.00. The summed E-state index contributed by atoms with van der Waals surface area (Å²) < 4.78 is 46.4. The van der Waals surface area contributed by atoms with Gasteiger partial charge in [0.1, 0.15) is 10.8 Å². The normalized spacial score (nSPS) is 10.9. The van der Waals surface area contributed by atoms with Gasteiger partial charge in [0.05, 0.1) is 21.3 Å². The Morgan fingerprint density at radius 2 is 1.72 bits per heavy atom. The molecular formula is C17H20N2O8S2. The van der Waals surface area contributed by atoms with Gasteiger partial charge >= 0.3 is 5.97 Å². The number of carbonyl (C=O) groups excluding carboxylic acids is 2. The Labute approximate surface area is 171 Å². The van der Waals surface area contributed by atoms with Gasteiger partial charge in [-0.25, -0.2) is 8.42 Å². The molecule has 2 N–H and O–H groups in total. The minimum Gasteiger partial charge on any atom is -0.493 e. The number of hydrogen-bond acceptors (Lipinski definition) is 9. The van der Waals surface area contributed by atoms with Crippen LogP contribution in [0.25, 0.3) is 0 Å². The molecular weight excluding hydrogens is 424 g/mol. The SMILES string of the molecule is COc1cc(NC(=O)COC(=O)CNS(=O)(=O)c2cccs2)cc(OC)c1OC. The molecule has 1 amide bonds. The van der Waals surface area contributed by atoms with Crippen molar-refractivity contribution < 1.29 is 37.0 Å². The first-order valence-electron chi connectivity index (χ1n) is 8.09. The second-order valence-corrected chi connectivity index (χ2v) is 8.32. The Morgan fingerprint density at radius 1 is 1.07 bits per heavy atom. The van der Waals surface area contributed by atoms with Crippen molar-refractivity contribution >= 4 is 38.9 Å². The molecule has 0 atom stereocenters. The predicted octanol–water partition coefficient (Wildman–Crippen LogP) is 1.23. The zero-order chi connectivity index (χ0) is 21.4. The molecule has 0 spiro atoms. The summed E-state index contributed by atoms with van der Waals surface area (Å²) >= 11 is 1.01. The van der Waals surface area contributed by atoms with Crippen molar-refractivity contribution in [2.45, 2.75) is 4.21 Å². The summed E-state index contributed by atoms with van der Waals surface area (Å²) in [5.74, 6) is -0.499. The third kappa shape index (κ3) is 6.07. The lowest BCUT2D eigenvalue weighted by atomic mass is 10.2. The zero-order valence-corrected chi connectivity index (χ0v) is 17.5. The third-order valence-electron chi connectivity index (χ3n) is 3.48. The van der Waals surface area contributed by atoms with Gasteiger partial charge in [-0.1, -0.05) is 6.07 Å². The average Bonchev–Trinajstić information content (AvgIpc) is 3.26. The van der Waals surface area contributed by atoms with Gasteiger partial charge in [0, 0.05) is 17.8 Å².